The van der Waals surface area contributed by atoms with E-state index in [1.54, 1.807) is 10.9 Å². The van der Waals surface area contributed by atoms with E-state index in [1.807, 2.05) is 61.5 Å². The van der Waals surface area contributed by atoms with Gasteiger partial charge in [0.1, 0.15) is 5.82 Å². The number of halogens is 1. The predicted octanol–water partition coefficient (Wildman–Crippen LogP) is 4.27. The topological polar surface area (TPSA) is 85.6 Å². The van der Waals surface area contributed by atoms with Crippen LogP contribution in [-0.2, 0) is 4.79 Å². The molecule has 2 aromatic heterocycles. The highest BCUT2D eigenvalue weighted by Gasteiger charge is 2.33. The molecule has 5 rings (SSSR count). The fraction of sp³-hybridized carbons (Fsp3) is 0.136. The largest absolute Gasteiger partial charge is 0.310 e. The highest BCUT2D eigenvalue weighted by molar-refractivity contribution is 9.10. The average Bonchev–Trinajstić information content (AvgIpc) is 3.10. The van der Waals surface area contributed by atoms with Gasteiger partial charge < -0.3 is 5.32 Å². The summed E-state index contributed by atoms with van der Waals surface area (Å²) in [6, 6.07) is 17.8. The van der Waals surface area contributed by atoms with Crippen molar-refractivity contribution in [3.05, 3.63) is 82.1 Å². The summed E-state index contributed by atoms with van der Waals surface area (Å²) in [6.45, 7) is 1.94. The van der Waals surface area contributed by atoms with Crippen LogP contribution in [0.5, 0.6) is 0 Å². The lowest BCUT2D eigenvalue weighted by Crippen LogP contribution is -2.25. The van der Waals surface area contributed by atoms with Crippen LogP contribution >= 0.6 is 15.9 Å². The molecule has 1 N–H and O–H groups in total. The van der Waals surface area contributed by atoms with Gasteiger partial charge in [-0.05, 0) is 24.6 Å². The van der Waals surface area contributed by atoms with Crippen molar-refractivity contribution in [3.8, 4) is 17.2 Å². The molecule has 0 fully saturated rings. The zero-order valence-electron chi connectivity index (χ0n) is 16.1. The van der Waals surface area contributed by atoms with E-state index in [2.05, 4.69) is 41.5 Å². The second kappa shape index (κ2) is 7.46. The molecule has 1 aliphatic rings. The molecule has 1 amide bonds. The molecule has 148 valence electrons. The van der Waals surface area contributed by atoms with Crippen LogP contribution in [0.1, 0.15) is 29.2 Å². The number of fused-ring (bicyclic) bond motifs is 1. The predicted molar refractivity (Wildman–Crippen MR) is 116 cm³/mol. The molecule has 1 aliphatic heterocycles. The first-order chi connectivity index (χ1) is 14.6. The van der Waals surface area contributed by atoms with Crippen molar-refractivity contribution in [1.82, 2.24) is 25.0 Å². The molecule has 0 bridgehead atoms. The first-order valence-electron chi connectivity index (χ1n) is 9.50. The smallest absolute Gasteiger partial charge is 0.272 e. The highest BCUT2D eigenvalue weighted by atomic mass is 79.9. The van der Waals surface area contributed by atoms with Gasteiger partial charge in [0.05, 0.1) is 17.6 Å². The standard InChI is InChI=1S/C22H17BrN6O/c1-13-20-17(15-8-5-9-16(23)10-15)11-19(30)26-21(20)29(28-13)22-25-18(12-24-27-22)14-6-3-2-4-7-14/h2-10,12,17H,11H2,1H3,(H,26,30)/t17-/m1/s1. The Bertz CT molecular complexity index is 1250. The lowest BCUT2D eigenvalue weighted by atomic mass is 9.86. The number of hydrogen-bond acceptors (Lipinski definition) is 5. The Labute approximate surface area is 181 Å². The molecule has 7 nitrogen and oxygen atoms in total. The Morgan fingerprint density at radius 2 is 1.97 bits per heavy atom. The van der Waals surface area contributed by atoms with Crippen LogP contribution in [0.4, 0.5) is 5.82 Å². The molecule has 4 aromatic rings. The highest BCUT2D eigenvalue weighted by Crippen LogP contribution is 2.40. The molecular formula is C22H17BrN6O. The summed E-state index contributed by atoms with van der Waals surface area (Å²) in [6.07, 6.45) is 1.98. The molecule has 0 radical (unpaired) electrons. The van der Waals surface area contributed by atoms with Gasteiger partial charge in [-0.1, -0.05) is 58.4 Å². The van der Waals surface area contributed by atoms with Crippen molar-refractivity contribution in [1.29, 1.82) is 0 Å². The number of aromatic nitrogens is 5. The minimum atomic E-state index is -0.0923. The first-order valence-corrected chi connectivity index (χ1v) is 10.3. The summed E-state index contributed by atoms with van der Waals surface area (Å²) in [4.78, 5) is 17.2. The number of anilines is 1. The molecule has 2 aromatic carbocycles. The van der Waals surface area contributed by atoms with Gasteiger partial charge >= 0.3 is 0 Å². The first kappa shape index (κ1) is 18.6. The van der Waals surface area contributed by atoms with Crippen molar-refractivity contribution in [2.24, 2.45) is 0 Å². The third-order valence-electron chi connectivity index (χ3n) is 5.16. The van der Waals surface area contributed by atoms with Gasteiger partial charge in [0.25, 0.3) is 5.95 Å². The van der Waals surface area contributed by atoms with E-state index in [1.165, 1.54) is 0 Å². The monoisotopic (exact) mass is 460 g/mol. The quantitative estimate of drug-likeness (QED) is 0.493. The molecular weight excluding hydrogens is 444 g/mol. The number of nitrogens with one attached hydrogen (secondary N) is 1. The van der Waals surface area contributed by atoms with E-state index < -0.39 is 0 Å². The minimum absolute atomic E-state index is 0.0687. The molecule has 0 aliphatic carbocycles. The molecule has 1 atom stereocenters. The van der Waals surface area contributed by atoms with E-state index in [4.69, 9.17) is 0 Å². The van der Waals surface area contributed by atoms with Gasteiger partial charge in [0.15, 0.2) is 0 Å². The summed E-state index contributed by atoms with van der Waals surface area (Å²) in [7, 11) is 0. The lowest BCUT2D eigenvalue weighted by Gasteiger charge is -2.24. The van der Waals surface area contributed by atoms with Crippen LogP contribution in [0, 0.1) is 6.92 Å². The van der Waals surface area contributed by atoms with Crippen LogP contribution in [0.3, 0.4) is 0 Å². The van der Waals surface area contributed by atoms with Crippen LogP contribution < -0.4 is 5.32 Å². The summed E-state index contributed by atoms with van der Waals surface area (Å²) < 4.78 is 2.55. The molecule has 30 heavy (non-hydrogen) atoms. The maximum absolute atomic E-state index is 12.6. The number of rotatable bonds is 3. The Kier molecular flexibility index (Phi) is 4.63. The zero-order chi connectivity index (χ0) is 20.7. The van der Waals surface area contributed by atoms with Crippen LogP contribution in [0.25, 0.3) is 17.2 Å². The Morgan fingerprint density at radius 1 is 1.13 bits per heavy atom. The van der Waals surface area contributed by atoms with Gasteiger partial charge in [-0.3, -0.25) is 4.79 Å². The number of carbonyl (C=O) groups excluding carboxylic acids is 1. The summed E-state index contributed by atoms with van der Waals surface area (Å²) in [5, 5.41) is 15.9. The number of benzene rings is 2. The number of aryl methyl sites for hydroxylation is 1. The molecule has 0 unspecified atom stereocenters. The van der Waals surface area contributed by atoms with Crippen molar-refractivity contribution >= 4 is 27.7 Å². The number of nitrogens with zero attached hydrogens (tertiary/aromatic N) is 5. The Hall–Kier alpha value is -3.39. The Balaban J connectivity index is 1.63. The third kappa shape index (κ3) is 3.29. The van der Waals surface area contributed by atoms with Crippen molar-refractivity contribution < 1.29 is 4.79 Å². The maximum atomic E-state index is 12.6. The number of hydrogen-bond donors (Lipinski definition) is 1. The van der Waals surface area contributed by atoms with Crippen LogP contribution in [0.15, 0.2) is 65.3 Å². The van der Waals surface area contributed by atoms with Crippen LogP contribution in [0.2, 0.25) is 0 Å². The van der Waals surface area contributed by atoms with E-state index in [9.17, 15) is 4.79 Å². The summed E-state index contributed by atoms with van der Waals surface area (Å²) >= 11 is 3.52. The second-order valence-corrected chi connectivity index (χ2v) is 8.04. The van der Waals surface area contributed by atoms with Crippen molar-refractivity contribution in [3.63, 3.8) is 0 Å². The lowest BCUT2D eigenvalue weighted by molar-refractivity contribution is -0.116. The number of carbonyl (C=O) groups is 1. The summed E-state index contributed by atoms with van der Waals surface area (Å²) in [5.41, 5.74) is 4.47. The number of amides is 1. The van der Waals surface area contributed by atoms with Gasteiger partial charge in [-0.25, -0.2) is 4.98 Å². The van der Waals surface area contributed by atoms with E-state index in [-0.39, 0.29) is 11.8 Å². The second-order valence-electron chi connectivity index (χ2n) is 7.13. The normalized spacial score (nSPS) is 15.5. The molecule has 0 saturated carbocycles. The van der Waals surface area contributed by atoms with Crippen molar-refractivity contribution in [2.75, 3.05) is 5.32 Å². The molecule has 0 saturated heterocycles. The maximum Gasteiger partial charge on any atom is 0.272 e. The Morgan fingerprint density at radius 3 is 2.77 bits per heavy atom. The van der Waals surface area contributed by atoms with Crippen LogP contribution in [-0.4, -0.2) is 30.9 Å². The van der Waals surface area contributed by atoms with E-state index in [0.717, 1.165) is 26.9 Å². The van der Waals surface area contributed by atoms with Crippen molar-refractivity contribution in [2.45, 2.75) is 19.3 Å². The molecule has 8 heteroatoms. The molecule has 3 heterocycles. The average molecular weight is 461 g/mol. The van der Waals surface area contributed by atoms with Gasteiger partial charge in [-0.15, -0.1) is 5.10 Å². The fourth-order valence-corrected chi connectivity index (χ4v) is 4.25. The molecule has 0 spiro atoms. The minimum Gasteiger partial charge on any atom is -0.310 e. The fourth-order valence-electron chi connectivity index (χ4n) is 3.83. The van der Waals surface area contributed by atoms with Gasteiger partial charge in [0.2, 0.25) is 5.91 Å². The zero-order valence-corrected chi connectivity index (χ0v) is 17.7. The van der Waals surface area contributed by atoms with Gasteiger partial charge in [0, 0.05) is 27.9 Å². The summed E-state index contributed by atoms with van der Waals surface area (Å²) in [5.74, 6) is 0.752. The van der Waals surface area contributed by atoms with E-state index >= 15 is 0 Å². The third-order valence-corrected chi connectivity index (χ3v) is 5.65. The van der Waals surface area contributed by atoms with E-state index in [0.29, 0.717) is 23.9 Å². The SMILES string of the molecule is Cc1nn(-c2nncc(-c3ccccc3)n2)c2c1[C@@H](c1cccc(Br)c1)CC(=O)N2. The van der Waals surface area contributed by atoms with Gasteiger partial charge in [-0.2, -0.15) is 14.9 Å².